The lowest BCUT2D eigenvalue weighted by molar-refractivity contribution is -0.120. The minimum atomic E-state index is -0.407. The third-order valence-corrected chi connectivity index (χ3v) is 5.25. The molecule has 1 heterocycles. The highest BCUT2D eigenvalue weighted by Gasteiger charge is 2.40. The normalized spacial score (nSPS) is 14.0. The molecule has 144 valence electrons. The van der Waals surface area contributed by atoms with E-state index in [-0.39, 0.29) is 11.6 Å². The number of halogens is 1. The first-order valence-corrected chi connectivity index (χ1v) is 9.62. The lowest BCUT2D eigenvalue weighted by Gasteiger charge is -2.16. The second-order valence-electron chi connectivity index (χ2n) is 6.99. The van der Waals surface area contributed by atoms with Crippen molar-refractivity contribution < 1.29 is 9.59 Å². The number of carbonyl (C=O) groups is 2. The number of hydrogen-bond donors (Lipinski definition) is 1. The van der Waals surface area contributed by atoms with Gasteiger partial charge in [0, 0.05) is 10.7 Å². The Morgan fingerprint density at radius 3 is 2.28 bits per heavy atom. The van der Waals surface area contributed by atoms with E-state index >= 15 is 0 Å². The van der Waals surface area contributed by atoms with Gasteiger partial charge in [0.05, 0.1) is 11.3 Å². The minimum absolute atomic E-state index is 0.253. The molecule has 0 aromatic heterocycles. The van der Waals surface area contributed by atoms with Crippen LogP contribution in [0.4, 0.5) is 11.4 Å². The van der Waals surface area contributed by atoms with Crippen molar-refractivity contribution in [3.63, 3.8) is 0 Å². The highest BCUT2D eigenvalue weighted by molar-refractivity contribution is 6.46. The molecule has 0 saturated carbocycles. The van der Waals surface area contributed by atoms with Gasteiger partial charge in [-0.05, 0) is 54.8 Å². The summed E-state index contributed by atoms with van der Waals surface area (Å²) in [6, 6.07) is 22.0. The molecule has 0 radical (unpaired) electrons. The van der Waals surface area contributed by atoms with Crippen LogP contribution in [0.5, 0.6) is 0 Å². The summed E-state index contributed by atoms with van der Waals surface area (Å²) in [4.78, 5) is 27.8. The van der Waals surface area contributed by atoms with Crippen molar-refractivity contribution in [2.24, 2.45) is 0 Å². The lowest BCUT2D eigenvalue weighted by Crippen LogP contribution is -2.32. The molecule has 1 N–H and O–H groups in total. The number of benzene rings is 3. The molecular weight excluding hydrogens is 384 g/mol. The van der Waals surface area contributed by atoms with Crippen LogP contribution < -0.4 is 10.2 Å². The Bertz CT molecular complexity index is 1150. The maximum Gasteiger partial charge on any atom is 0.282 e. The number of hydrogen-bond acceptors (Lipinski definition) is 3. The maximum atomic E-state index is 13.3. The number of rotatable bonds is 4. The van der Waals surface area contributed by atoms with Crippen LogP contribution in [0.1, 0.15) is 16.7 Å². The molecule has 0 spiro atoms. The van der Waals surface area contributed by atoms with E-state index in [0.29, 0.717) is 21.8 Å². The first kappa shape index (κ1) is 19.0. The number of carbonyl (C=O) groups excluding carboxylic acids is 2. The zero-order chi connectivity index (χ0) is 20.5. The third kappa shape index (κ3) is 3.55. The van der Waals surface area contributed by atoms with Gasteiger partial charge in [0.15, 0.2) is 0 Å². The van der Waals surface area contributed by atoms with Crippen LogP contribution in [0.15, 0.2) is 78.5 Å². The smallest absolute Gasteiger partial charge is 0.282 e. The van der Waals surface area contributed by atoms with Crippen molar-refractivity contribution in [2.75, 3.05) is 10.2 Å². The van der Waals surface area contributed by atoms with Crippen molar-refractivity contribution in [3.05, 3.63) is 100 Å². The predicted octanol–water partition coefficient (Wildman–Crippen LogP) is 5.35. The van der Waals surface area contributed by atoms with Gasteiger partial charge in [-0.1, -0.05) is 60.1 Å². The van der Waals surface area contributed by atoms with Crippen molar-refractivity contribution in [2.45, 2.75) is 13.8 Å². The fraction of sp³-hybridized carbons (Fsp3) is 0.0833. The third-order valence-electron chi connectivity index (χ3n) is 4.85. The second-order valence-corrected chi connectivity index (χ2v) is 7.40. The summed E-state index contributed by atoms with van der Waals surface area (Å²) in [7, 11) is 0. The number of aryl methyl sites for hydroxylation is 2. The van der Waals surface area contributed by atoms with Gasteiger partial charge in [-0.15, -0.1) is 0 Å². The van der Waals surface area contributed by atoms with Gasteiger partial charge >= 0.3 is 0 Å². The summed E-state index contributed by atoms with van der Waals surface area (Å²) >= 11 is 6.25. The van der Waals surface area contributed by atoms with E-state index in [1.165, 1.54) is 4.90 Å². The molecule has 0 unspecified atom stereocenters. The average Bonchev–Trinajstić information content (AvgIpc) is 2.95. The van der Waals surface area contributed by atoms with Crippen LogP contribution in [0.25, 0.3) is 5.57 Å². The molecule has 1 aliphatic rings. The van der Waals surface area contributed by atoms with Crippen molar-refractivity contribution in [3.8, 4) is 0 Å². The van der Waals surface area contributed by atoms with Crippen LogP contribution in [-0.2, 0) is 9.59 Å². The molecule has 0 atom stereocenters. The molecule has 0 fully saturated rings. The molecule has 4 rings (SSSR count). The number of amides is 2. The van der Waals surface area contributed by atoms with Crippen LogP contribution >= 0.6 is 11.6 Å². The quantitative estimate of drug-likeness (QED) is 0.598. The molecule has 29 heavy (non-hydrogen) atoms. The Kier molecular flexibility index (Phi) is 4.95. The molecule has 0 saturated heterocycles. The Labute approximate surface area is 174 Å². The van der Waals surface area contributed by atoms with Crippen molar-refractivity contribution in [1.82, 2.24) is 0 Å². The zero-order valence-electron chi connectivity index (χ0n) is 16.1. The number of imide groups is 1. The van der Waals surface area contributed by atoms with Crippen LogP contribution in [0.2, 0.25) is 5.02 Å². The monoisotopic (exact) mass is 402 g/mol. The van der Waals surface area contributed by atoms with Crippen molar-refractivity contribution in [1.29, 1.82) is 0 Å². The van der Waals surface area contributed by atoms with Gasteiger partial charge in [0.2, 0.25) is 0 Å². The minimum Gasteiger partial charge on any atom is -0.350 e. The van der Waals surface area contributed by atoms with Crippen LogP contribution in [-0.4, -0.2) is 11.8 Å². The van der Waals surface area contributed by atoms with E-state index in [2.05, 4.69) is 5.32 Å². The Morgan fingerprint density at radius 2 is 1.59 bits per heavy atom. The van der Waals surface area contributed by atoms with E-state index in [9.17, 15) is 9.59 Å². The summed E-state index contributed by atoms with van der Waals surface area (Å²) in [5.74, 6) is -0.786. The summed E-state index contributed by atoms with van der Waals surface area (Å²) in [5, 5.41) is 3.67. The number of anilines is 2. The van der Waals surface area contributed by atoms with Crippen LogP contribution in [0, 0.1) is 13.8 Å². The highest BCUT2D eigenvalue weighted by Crippen LogP contribution is 2.35. The van der Waals surface area contributed by atoms with E-state index in [4.69, 9.17) is 11.6 Å². The van der Waals surface area contributed by atoms with Gasteiger partial charge in [0.1, 0.15) is 5.70 Å². The first-order chi connectivity index (χ1) is 14.0. The topological polar surface area (TPSA) is 49.4 Å². The maximum absolute atomic E-state index is 13.3. The molecule has 0 bridgehead atoms. The van der Waals surface area contributed by atoms with E-state index in [0.717, 1.165) is 16.8 Å². The fourth-order valence-corrected chi connectivity index (χ4v) is 3.52. The highest BCUT2D eigenvalue weighted by atomic mass is 35.5. The van der Waals surface area contributed by atoms with E-state index in [1.54, 1.807) is 18.2 Å². The second kappa shape index (κ2) is 7.57. The Balaban J connectivity index is 1.82. The number of nitrogens with one attached hydrogen (secondary N) is 1. The summed E-state index contributed by atoms with van der Waals surface area (Å²) < 4.78 is 0. The molecule has 3 aromatic carbocycles. The standard InChI is InChI=1S/C24H19ClN2O2/c1-15-7-6-10-18(13-15)26-22-21(17-8-4-3-5-9-17)23(28)27(24(22)29)19-12-11-16(2)20(25)14-19/h3-14,26H,1-2H3. The first-order valence-electron chi connectivity index (χ1n) is 9.24. The molecular formula is C24H19ClN2O2. The Morgan fingerprint density at radius 1 is 0.828 bits per heavy atom. The van der Waals surface area contributed by atoms with Gasteiger partial charge in [0.25, 0.3) is 11.8 Å². The van der Waals surface area contributed by atoms with E-state index < -0.39 is 5.91 Å². The molecule has 4 nitrogen and oxygen atoms in total. The predicted molar refractivity (Wildman–Crippen MR) is 117 cm³/mol. The molecule has 1 aliphatic heterocycles. The van der Waals surface area contributed by atoms with Gasteiger partial charge in [-0.25, -0.2) is 4.90 Å². The lowest BCUT2D eigenvalue weighted by atomic mass is 10.0. The largest absolute Gasteiger partial charge is 0.350 e. The summed E-state index contributed by atoms with van der Waals surface area (Å²) in [6.07, 6.45) is 0. The molecule has 2 amide bonds. The molecule has 5 heteroatoms. The van der Waals surface area contributed by atoms with Crippen molar-refractivity contribution >= 4 is 40.4 Å². The average molecular weight is 403 g/mol. The molecule has 3 aromatic rings. The Hall–Kier alpha value is -3.37. The fourth-order valence-electron chi connectivity index (χ4n) is 3.34. The van der Waals surface area contributed by atoms with Gasteiger partial charge in [-0.2, -0.15) is 0 Å². The SMILES string of the molecule is Cc1cccc(NC2=C(c3ccccc3)C(=O)N(c3ccc(C)c(Cl)c3)C2=O)c1. The zero-order valence-corrected chi connectivity index (χ0v) is 16.8. The van der Waals surface area contributed by atoms with Crippen LogP contribution in [0.3, 0.4) is 0 Å². The summed E-state index contributed by atoms with van der Waals surface area (Å²) in [5.41, 5.74) is 4.40. The van der Waals surface area contributed by atoms with E-state index in [1.807, 2.05) is 68.4 Å². The van der Waals surface area contributed by atoms with Gasteiger partial charge in [-0.3, -0.25) is 9.59 Å². The summed E-state index contributed by atoms with van der Waals surface area (Å²) in [6.45, 7) is 3.85. The number of nitrogens with zero attached hydrogens (tertiary/aromatic N) is 1. The van der Waals surface area contributed by atoms with Gasteiger partial charge < -0.3 is 5.32 Å². The molecule has 0 aliphatic carbocycles.